The number of nitrogens with zero attached hydrogens (tertiary/aromatic N) is 1. The van der Waals surface area contributed by atoms with Gasteiger partial charge in [0, 0.05) is 6.42 Å². The summed E-state index contributed by atoms with van der Waals surface area (Å²) in [5.74, 6) is -1.06. The van der Waals surface area contributed by atoms with Crippen LogP contribution in [0.1, 0.15) is 20.3 Å². The summed E-state index contributed by atoms with van der Waals surface area (Å²) in [6, 6.07) is 1.60. The minimum absolute atomic E-state index is 0.197. The Morgan fingerprint density at radius 1 is 1.64 bits per heavy atom. The highest BCUT2D eigenvalue weighted by Crippen LogP contribution is 2.11. The van der Waals surface area contributed by atoms with Gasteiger partial charge in [0.25, 0.3) is 0 Å². The predicted octanol–water partition coefficient (Wildman–Crippen LogP) is 1.85. The van der Waals surface area contributed by atoms with Gasteiger partial charge in [0.2, 0.25) is 0 Å². The molecule has 4 nitrogen and oxygen atoms in total. The Morgan fingerprint density at radius 3 is 2.50 bits per heavy atom. The van der Waals surface area contributed by atoms with Crippen LogP contribution in [0.25, 0.3) is 0 Å². The van der Waals surface area contributed by atoms with E-state index in [1.165, 1.54) is 0 Å². The maximum absolute atomic E-state index is 10.6. The first-order chi connectivity index (χ1) is 6.52. The van der Waals surface area contributed by atoms with Crippen LogP contribution in [0.2, 0.25) is 0 Å². The summed E-state index contributed by atoms with van der Waals surface area (Å²) in [6.07, 6.45) is 0.377. The Bertz CT molecular complexity index is 310. The molecular formula is C10H13NO3. The number of ether oxygens (including phenoxy) is 1. The van der Waals surface area contributed by atoms with Crippen LogP contribution >= 0.6 is 0 Å². The van der Waals surface area contributed by atoms with E-state index in [9.17, 15) is 4.79 Å². The van der Waals surface area contributed by atoms with Crippen molar-refractivity contribution in [3.8, 4) is 6.07 Å². The Hall–Kier alpha value is -1.76. The quantitative estimate of drug-likeness (QED) is 0.314. The molecule has 76 valence electrons. The van der Waals surface area contributed by atoms with Crippen LogP contribution in [-0.2, 0) is 9.53 Å². The third-order valence-electron chi connectivity index (χ3n) is 1.42. The zero-order chi connectivity index (χ0) is 11.1. The van der Waals surface area contributed by atoms with E-state index in [4.69, 9.17) is 15.1 Å². The number of hydrogen-bond acceptors (Lipinski definition) is 3. The molecule has 0 heterocycles. The topological polar surface area (TPSA) is 70.3 Å². The van der Waals surface area contributed by atoms with E-state index in [0.29, 0.717) is 6.42 Å². The lowest BCUT2D eigenvalue weighted by Crippen LogP contribution is -2.06. The molecule has 0 atom stereocenters. The Kier molecular flexibility index (Phi) is 5.08. The van der Waals surface area contributed by atoms with Gasteiger partial charge in [0.05, 0.1) is 0 Å². The molecule has 0 bridgehead atoms. The number of hydrogen-bond donors (Lipinski definition) is 1. The molecule has 0 spiro atoms. The molecule has 0 amide bonds. The van der Waals surface area contributed by atoms with Crippen LogP contribution in [0.5, 0.6) is 0 Å². The second kappa shape index (κ2) is 5.81. The molecule has 0 aromatic rings. The summed E-state index contributed by atoms with van der Waals surface area (Å²) in [5.41, 5.74) is 0.437. The van der Waals surface area contributed by atoms with Crippen molar-refractivity contribution >= 4 is 5.97 Å². The Labute approximate surface area is 83.1 Å². The van der Waals surface area contributed by atoms with Crippen LogP contribution in [0.15, 0.2) is 23.5 Å². The highest BCUT2D eigenvalue weighted by molar-refractivity contribution is 5.91. The molecule has 4 heteroatoms. The highest BCUT2D eigenvalue weighted by atomic mass is 16.5. The molecule has 0 fully saturated rings. The first-order valence-corrected chi connectivity index (χ1v) is 4.16. The largest absolute Gasteiger partial charge is 0.492 e. The van der Waals surface area contributed by atoms with Gasteiger partial charge in [-0.2, -0.15) is 5.26 Å². The third kappa shape index (κ3) is 3.76. The lowest BCUT2D eigenvalue weighted by Gasteiger charge is -2.08. The van der Waals surface area contributed by atoms with E-state index in [2.05, 4.69) is 6.58 Å². The van der Waals surface area contributed by atoms with Gasteiger partial charge < -0.3 is 9.84 Å². The second-order valence-corrected chi connectivity index (χ2v) is 2.81. The summed E-state index contributed by atoms with van der Waals surface area (Å²) >= 11 is 0. The van der Waals surface area contributed by atoms with Gasteiger partial charge in [0.15, 0.2) is 5.57 Å². The molecule has 0 saturated carbocycles. The third-order valence-corrected chi connectivity index (χ3v) is 1.42. The minimum Gasteiger partial charge on any atom is -0.492 e. The van der Waals surface area contributed by atoms with E-state index in [0.717, 1.165) is 5.57 Å². The molecule has 0 rings (SSSR count). The molecular weight excluding hydrogens is 182 g/mol. The number of rotatable bonds is 5. The summed E-state index contributed by atoms with van der Waals surface area (Å²) in [4.78, 5) is 10.6. The average molecular weight is 195 g/mol. The molecule has 14 heavy (non-hydrogen) atoms. The maximum atomic E-state index is 10.6. The molecule has 0 aliphatic heterocycles. The van der Waals surface area contributed by atoms with E-state index < -0.39 is 5.97 Å². The van der Waals surface area contributed by atoms with Crippen LogP contribution < -0.4 is 0 Å². The summed E-state index contributed by atoms with van der Waals surface area (Å²) < 4.78 is 5.14. The number of allylic oxidation sites excluding steroid dienone is 1. The smallest absolute Gasteiger partial charge is 0.349 e. The van der Waals surface area contributed by atoms with Crippen molar-refractivity contribution in [2.45, 2.75) is 20.3 Å². The maximum Gasteiger partial charge on any atom is 0.349 e. The average Bonchev–Trinajstić information content (AvgIpc) is 2.10. The fourth-order valence-electron chi connectivity index (χ4n) is 0.791. The van der Waals surface area contributed by atoms with Gasteiger partial charge in [-0.1, -0.05) is 13.5 Å². The molecule has 0 unspecified atom stereocenters. The predicted molar refractivity (Wildman–Crippen MR) is 51.3 cm³/mol. The van der Waals surface area contributed by atoms with Crippen molar-refractivity contribution in [3.05, 3.63) is 23.5 Å². The molecule has 0 aromatic heterocycles. The van der Waals surface area contributed by atoms with E-state index in [1.807, 2.05) is 0 Å². The van der Waals surface area contributed by atoms with Gasteiger partial charge in [-0.05, 0) is 12.5 Å². The first-order valence-electron chi connectivity index (χ1n) is 4.16. The van der Waals surface area contributed by atoms with Crippen molar-refractivity contribution in [1.82, 2.24) is 0 Å². The van der Waals surface area contributed by atoms with E-state index in [1.54, 1.807) is 19.9 Å². The van der Waals surface area contributed by atoms with Gasteiger partial charge in [-0.15, -0.1) is 0 Å². The lowest BCUT2D eigenvalue weighted by molar-refractivity contribution is -0.132. The SMILES string of the molecule is C=C(C)COC(CC)=C(C#N)C(=O)O. The summed E-state index contributed by atoms with van der Waals surface area (Å²) in [5, 5.41) is 17.2. The zero-order valence-electron chi connectivity index (χ0n) is 8.33. The van der Waals surface area contributed by atoms with Crippen LogP contribution in [-0.4, -0.2) is 17.7 Å². The van der Waals surface area contributed by atoms with Crippen molar-refractivity contribution in [2.75, 3.05) is 6.61 Å². The van der Waals surface area contributed by atoms with Crippen molar-refractivity contribution in [3.63, 3.8) is 0 Å². The van der Waals surface area contributed by atoms with Crippen LogP contribution in [0.3, 0.4) is 0 Å². The van der Waals surface area contributed by atoms with E-state index >= 15 is 0 Å². The van der Waals surface area contributed by atoms with Crippen molar-refractivity contribution in [2.24, 2.45) is 0 Å². The normalized spacial score (nSPS) is 11.2. The number of nitriles is 1. The first kappa shape index (κ1) is 12.2. The van der Waals surface area contributed by atoms with Crippen molar-refractivity contribution in [1.29, 1.82) is 5.26 Å². The molecule has 0 aliphatic carbocycles. The summed E-state index contributed by atoms with van der Waals surface area (Å²) in [6.45, 7) is 7.35. The summed E-state index contributed by atoms with van der Waals surface area (Å²) in [7, 11) is 0. The Balaban J connectivity index is 4.74. The van der Waals surface area contributed by atoms with Gasteiger partial charge in [-0.25, -0.2) is 4.79 Å². The second-order valence-electron chi connectivity index (χ2n) is 2.81. The molecule has 1 N–H and O–H groups in total. The zero-order valence-corrected chi connectivity index (χ0v) is 8.33. The molecule has 0 saturated heterocycles. The number of aliphatic carboxylic acids is 1. The fraction of sp³-hybridized carbons (Fsp3) is 0.400. The molecule has 0 radical (unpaired) electrons. The molecule has 0 aliphatic rings. The highest BCUT2D eigenvalue weighted by Gasteiger charge is 2.13. The Morgan fingerprint density at radius 2 is 2.21 bits per heavy atom. The van der Waals surface area contributed by atoms with Gasteiger partial charge >= 0.3 is 5.97 Å². The van der Waals surface area contributed by atoms with E-state index in [-0.39, 0.29) is 17.9 Å². The van der Waals surface area contributed by atoms with Gasteiger partial charge in [-0.3, -0.25) is 0 Å². The van der Waals surface area contributed by atoms with Crippen LogP contribution in [0.4, 0.5) is 0 Å². The molecule has 0 aromatic carbocycles. The number of carboxylic acid groups (broad SMARTS) is 1. The standard InChI is InChI=1S/C10H13NO3/c1-4-9(14-6-7(2)3)8(5-11)10(12)13/h2,4,6H2,1,3H3,(H,12,13). The monoisotopic (exact) mass is 195 g/mol. The van der Waals surface area contributed by atoms with Crippen molar-refractivity contribution < 1.29 is 14.6 Å². The lowest BCUT2D eigenvalue weighted by atomic mass is 10.2. The number of carbonyl (C=O) groups is 1. The number of carboxylic acids is 1. The van der Waals surface area contributed by atoms with Gasteiger partial charge in [0.1, 0.15) is 18.4 Å². The minimum atomic E-state index is -1.26. The van der Waals surface area contributed by atoms with Crippen LogP contribution in [0, 0.1) is 11.3 Å². The fourth-order valence-corrected chi connectivity index (χ4v) is 0.791.